The van der Waals surface area contributed by atoms with Gasteiger partial charge in [-0.25, -0.2) is 9.59 Å². The van der Waals surface area contributed by atoms with E-state index in [1.165, 1.54) is 11.8 Å². The number of carbonyl (C=O) groups excluding carboxylic acids is 1. The molecule has 8 heteroatoms. The number of nitrogens with zero attached hydrogens (tertiary/aromatic N) is 1. The number of amides is 2. The fourth-order valence-corrected chi connectivity index (χ4v) is 2.86. The molecule has 0 aliphatic carbocycles. The van der Waals surface area contributed by atoms with Crippen LogP contribution in [-0.4, -0.2) is 46.3 Å². The van der Waals surface area contributed by atoms with Gasteiger partial charge in [-0.05, 0) is 26.2 Å². The molecule has 1 fully saturated rings. The lowest BCUT2D eigenvalue weighted by Crippen LogP contribution is -2.57. The van der Waals surface area contributed by atoms with Crippen LogP contribution in [0.15, 0.2) is 0 Å². The number of carboxylic acids is 1. The van der Waals surface area contributed by atoms with Crippen LogP contribution in [0.1, 0.15) is 46.0 Å². The molecule has 1 saturated heterocycles. The van der Waals surface area contributed by atoms with Gasteiger partial charge < -0.3 is 15.3 Å². The Hall–Kier alpha value is -1.47. The first-order valence-electron chi connectivity index (χ1n) is 7.00. The summed E-state index contributed by atoms with van der Waals surface area (Å²) in [5.74, 6) is -1.10. The fourth-order valence-electron chi connectivity index (χ4n) is 2.86. The normalized spacial score (nSPS) is 24.0. The number of halogens is 3. The number of carboxylic acid groups (broad SMARTS) is 1. The van der Waals surface area contributed by atoms with E-state index in [-0.39, 0.29) is 6.54 Å². The van der Waals surface area contributed by atoms with Crippen LogP contribution in [0.25, 0.3) is 0 Å². The van der Waals surface area contributed by atoms with Crippen molar-refractivity contribution in [3.63, 3.8) is 0 Å². The summed E-state index contributed by atoms with van der Waals surface area (Å²) in [7, 11) is 0. The monoisotopic (exact) mass is 310 g/mol. The molecule has 0 aromatic heterocycles. The molecule has 0 saturated carbocycles. The molecular formula is C13H21F3N2O3. The average molecular weight is 310 g/mol. The molecular weight excluding hydrogens is 289 g/mol. The third kappa shape index (κ3) is 4.25. The Labute approximate surface area is 121 Å². The van der Waals surface area contributed by atoms with E-state index in [1.54, 1.807) is 0 Å². The number of aliphatic carboxylic acids is 1. The summed E-state index contributed by atoms with van der Waals surface area (Å²) in [5, 5.41) is 11.7. The lowest BCUT2D eigenvalue weighted by Gasteiger charge is -2.35. The predicted octanol–water partition coefficient (Wildman–Crippen LogP) is 2.76. The molecule has 0 aromatic carbocycles. The van der Waals surface area contributed by atoms with Crippen LogP contribution in [0.3, 0.4) is 0 Å². The quantitative estimate of drug-likeness (QED) is 0.820. The maximum absolute atomic E-state index is 12.3. The number of alkyl halides is 3. The maximum Gasteiger partial charge on any atom is 0.391 e. The van der Waals surface area contributed by atoms with Crippen LogP contribution in [0.4, 0.5) is 18.0 Å². The highest BCUT2D eigenvalue weighted by Gasteiger charge is 2.49. The lowest BCUT2D eigenvalue weighted by molar-refractivity contribution is -0.149. The zero-order valence-electron chi connectivity index (χ0n) is 12.2. The number of nitrogens with one attached hydrogen (secondary N) is 1. The van der Waals surface area contributed by atoms with Crippen molar-refractivity contribution in [2.45, 2.75) is 63.7 Å². The van der Waals surface area contributed by atoms with Gasteiger partial charge in [0.1, 0.15) is 5.54 Å². The van der Waals surface area contributed by atoms with Crippen LogP contribution in [0.5, 0.6) is 0 Å². The summed E-state index contributed by atoms with van der Waals surface area (Å²) in [6.45, 7) is 3.31. The third-order valence-electron chi connectivity index (χ3n) is 3.70. The first-order valence-corrected chi connectivity index (χ1v) is 7.00. The summed E-state index contributed by atoms with van der Waals surface area (Å²) in [6.07, 6.45) is -3.77. The summed E-state index contributed by atoms with van der Waals surface area (Å²) >= 11 is 0. The second-order valence-corrected chi connectivity index (χ2v) is 5.51. The van der Waals surface area contributed by atoms with Gasteiger partial charge in [0, 0.05) is 12.6 Å². The molecule has 2 atom stereocenters. The topological polar surface area (TPSA) is 69.6 Å². The van der Waals surface area contributed by atoms with Crippen molar-refractivity contribution in [3.8, 4) is 0 Å². The van der Waals surface area contributed by atoms with Crippen molar-refractivity contribution in [2.24, 2.45) is 0 Å². The van der Waals surface area contributed by atoms with Crippen LogP contribution in [0.2, 0.25) is 0 Å². The number of urea groups is 1. The molecule has 2 N–H and O–H groups in total. The minimum absolute atomic E-state index is 0.247. The van der Waals surface area contributed by atoms with Crippen molar-refractivity contribution in [1.82, 2.24) is 10.2 Å². The molecule has 1 heterocycles. The number of carbonyl (C=O) groups is 2. The number of likely N-dealkylation sites (tertiary alicyclic amines) is 1. The Morgan fingerprint density at radius 3 is 2.52 bits per heavy atom. The molecule has 2 amide bonds. The molecule has 5 nitrogen and oxygen atoms in total. The van der Waals surface area contributed by atoms with Crippen LogP contribution in [-0.2, 0) is 4.79 Å². The highest BCUT2D eigenvalue weighted by Crippen LogP contribution is 2.34. The largest absolute Gasteiger partial charge is 0.479 e. The molecule has 0 bridgehead atoms. The Morgan fingerprint density at radius 2 is 2.05 bits per heavy atom. The molecule has 0 aromatic rings. The Bertz CT molecular complexity index is 401. The standard InChI is InChI=1S/C13H21F3N2O3/c1-3-5-12(10(19)20)6-4-7-18(12)11(21)17-9(2)8-13(14,15)16/h9H,3-8H2,1-2H3,(H,17,21)(H,19,20). The van der Waals surface area contributed by atoms with E-state index in [4.69, 9.17) is 0 Å². The smallest absolute Gasteiger partial charge is 0.391 e. The molecule has 0 radical (unpaired) electrons. The van der Waals surface area contributed by atoms with E-state index in [1.807, 2.05) is 6.92 Å². The van der Waals surface area contributed by atoms with E-state index in [2.05, 4.69) is 5.32 Å². The van der Waals surface area contributed by atoms with Gasteiger partial charge in [0.15, 0.2) is 0 Å². The zero-order chi connectivity index (χ0) is 16.3. The van der Waals surface area contributed by atoms with Crippen LogP contribution in [0, 0.1) is 0 Å². The minimum Gasteiger partial charge on any atom is -0.479 e. The lowest BCUT2D eigenvalue weighted by atomic mass is 9.91. The number of hydrogen-bond acceptors (Lipinski definition) is 2. The van der Waals surface area contributed by atoms with Gasteiger partial charge in [-0.3, -0.25) is 0 Å². The summed E-state index contributed by atoms with van der Waals surface area (Å²) in [6, 6.07) is -1.83. The summed E-state index contributed by atoms with van der Waals surface area (Å²) in [5.41, 5.74) is -1.29. The SMILES string of the molecule is CCCC1(C(=O)O)CCCN1C(=O)NC(C)CC(F)(F)F. The summed E-state index contributed by atoms with van der Waals surface area (Å²) < 4.78 is 36.8. The van der Waals surface area contributed by atoms with Gasteiger partial charge in [-0.2, -0.15) is 13.2 Å². The van der Waals surface area contributed by atoms with E-state index in [0.29, 0.717) is 25.7 Å². The van der Waals surface area contributed by atoms with E-state index in [9.17, 15) is 27.9 Å². The highest BCUT2D eigenvalue weighted by molar-refractivity contribution is 5.87. The van der Waals surface area contributed by atoms with E-state index in [0.717, 1.165) is 0 Å². The molecule has 1 aliphatic heterocycles. The van der Waals surface area contributed by atoms with Crippen LogP contribution >= 0.6 is 0 Å². The van der Waals surface area contributed by atoms with Crippen molar-refractivity contribution in [2.75, 3.05) is 6.54 Å². The fraction of sp³-hybridized carbons (Fsp3) is 0.846. The van der Waals surface area contributed by atoms with E-state index < -0.39 is 36.2 Å². The molecule has 2 unspecified atom stereocenters. The maximum atomic E-state index is 12.3. The second kappa shape index (κ2) is 6.53. The van der Waals surface area contributed by atoms with Gasteiger partial charge in [-0.1, -0.05) is 13.3 Å². The Kier molecular flexibility index (Phi) is 5.47. The van der Waals surface area contributed by atoms with Gasteiger partial charge in [0.05, 0.1) is 6.42 Å². The van der Waals surface area contributed by atoms with Gasteiger partial charge in [0.25, 0.3) is 0 Å². The molecule has 0 spiro atoms. The predicted molar refractivity (Wildman–Crippen MR) is 69.9 cm³/mol. The Balaban J connectivity index is 2.78. The number of rotatable bonds is 5. The van der Waals surface area contributed by atoms with Crippen LogP contribution < -0.4 is 5.32 Å². The van der Waals surface area contributed by atoms with E-state index >= 15 is 0 Å². The van der Waals surface area contributed by atoms with Crippen molar-refractivity contribution < 1.29 is 27.9 Å². The number of hydrogen-bond donors (Lipinski definition) is 2. The molecule has 1 rings (SSSR count). The average Bonchev–Trinajstić information content (AvgIpc) is 2.71. The molecule has 1 aliphatic rings. The first kappa shape index (κ1) is 17.6. The molecule has 21 heavy (non-hydrogen) atoms. The highest BCUT2D eigenvalue weighted by atomic mass is 19.4. The first-order chi connectivity index (χ1) is 9.62. The summed E-state index contributed by atoms with van der Waals surface area (Å²) in [4.78, 5) is 24.8. The molecule has 122 valence electrons. The van der Waals surface area contributed by atoms with Gasteiger partial charge in [0.2, 0.25) is 0 Å². The third-order valence-corrected chi connectivity index (χ3v) is 3.70. The van der Waals surface area contributed by atoms with Gasteiger partial charge in [-0.15, -0.1) is 0 Å². The van der Waals surface area contributed by atoms with Gasteiger partial charge >= 0.3 is 18.2 Å². The zero-order valence-corrected chi connectivity index (χ0v) is 12.2. The van der Waals surface area contributed by atoms with Crippen molar-refractivity contribution in [3.05, 3.63) is 0 Å². The minimum atomic E-state index is -4.37. The van der Waals surface area contributed by atoms with Crippen molar-refractivity contribution >= 4 is 12.0 Å². The van der Waals surface area contributed by atoms with Crippen molar-refractivity contribution in [1.29, 1.82) is 0 Å². The second-order valence-electron chi connectivity index (χ2n) is 5.51. The Morgan fingerprint density at radius 1 is 1.43 bits per heavy atom.